The van der Waals surface area contributed by atoms with E-state index in [1.807, 2.05) is 37.3 Å². The maximum absolute atomic E-state index is 12.8. The van der Waals surface area contributed by atoms with Crippen LogP contribution < -0.4 is 4.90 Å². The smallest absolute Gasteiger partial charge is 0.312 e. The zero-order valence-corrected chi connectivity index (χ0v) is 18.1. The Kier molecular flexibility index (Phi) is 6.70. The number of nitrogens with zero attached hydrogens (tertiary/aromatic N) is 1. The van der Waals surface area contributed by atoms with Gasteiger partial charge in [0.2, 0.25) is 11.7 Å². The first kappa shape index (κ1) is 21.8. The predicted octanol–water partition coefficient (Wildman–Crippen LogP) is 4.29. The van der Waals surface area contributed by atoms with Gasteiger partial charge in [-0.15, -0.1) is 0 Å². The molecule has 0 bridgehead atoms. The molecule has 1 aliphatic heterocycles. The molecular weight excluding hydrogens is 378 g/mol. The molecule has 158 valence electrons. The molecule has 0 aliphatic carbocycles. The third-order valence-corrected chi connectivity index (χ3v) is 5.69. The molecule has 1 heterocycles. The van der Waals surface area contributed by atoms with E-state index in [-0.39, 0.29) is 24.7 Å². The van der Waals surface area contributed by atoms with Crippen LogP contribution in [0.1, 0.15) is 54.2 Å². The minimum atomic E-state index is -0.890. The normalized spacial score (nSPS) is 17.1. The van der Waals surface area contributed by atoms with Crippen LogP contribution in [0, 0.1) is 12.8 Å². The molecule has 0 N–H and O–H groups in total. The Morgan fingerprint density at radius 3 is 2.23 bits per heavy atom. The Balaban J connectivity index is 1.71. The lowest BCUT2D eigenvalue weighted by atomic mass is 10.0. The van der Waals surface area contributed by atoms with Crippen LogP contribution in [0.15, 0.2) is 42.5 Å². The second-order valence-electron chi connectivity index (χ2n) is 7.85. The summed E-state index contributed by atoms with van der Waals surface area (Å²) in [6.07, 6.45) is 0.832. The lowest BCUT2D eigenvalue weighted by molar-refractivity contribution is -0.151. The van der Waals surface area contributed by atoms with Gasteiger partial charge in [0.1, 0.15) is 0 Å². The van der Waals surface area contributed by atoms with E-state index in [0.29, 0.717) is 5.56 Å². The van der Waals surface area contributed by atoms with Crippen molar-refractivity contribution < 1.29 is 19.1 Å². The van der Waals surface area contributed by atoms with Crippen molar-refractivity contribution in [2.24, 2.45) is 5.92 Å². The Labute approximate surface area is 178 Å². The zero-order valence-electron chi connectivity index (χ0n) is 18.1. The molecule has 2 aromatic rings. The molecule has 0 aromatic heterocycles. The third-order valence-electron chi connectivity index (χ3n) is 5.69. The van der Waals surface area contributed by atoms with Crippen LogP contribution in [0.5, 0.6) is 0 Å². The number of aryl methyl sites for hydroxylation is 3. The Morgan fingerprint density at radius 1 is 1.07 bits per heavy atom. The fourth-order valence-corrected chi connectivity index (χ4v) is 3.92. The van der Waals surface area contributed by atoms with Gasteiger partial charge in [-0.2, -0.15) is 0 Å². The van der Waals surface area contributed by atoms with Gasteiger partial charge in [0.15, 0.2) is 6.10 Å². The highest BCUT2D eigenvalue weighted by molar-refractivity contribution is 6.02. The summed E-state index contributed by atoms with van der Waals surface area (Å²) in [7, 11) is 0. The van der Waals surface area contributed by atoms with Gasteiger partial charge in [0, 0.05) is 24.2 Å². The van der Waals surface area contributed by atoms with Crippen molar-refractivity contribution in [3.8, 4) is 0 Å². The molecule has 5 nitrogen and oxygen atoms in total. The molecule has 2 aromatic carbocycles. The van der Waals surface area contributed by atoms with Gasteiger partial charge in [0.05, 0.1) is 5.92 Å². The molecule has 2 atom stereocenters. The van der Waals surface area contributed by atoms with Crippen LogP contribution in [-0.4, -0.2) is 30.3 Å². The second-order valence-corrected chi connectivity index (χ2v) is 7.85. The van der Waals surface area contributed by atoms with Crippen molar-refractivity contribution >= 4 is 23.3 Å². The quantitative estimate of drug-likeness (QED) is 0.507. The molecule has 1 aliphatic rings. The minimum Gasteiger partial charge on any atom is -0.454 e. The number of carbonyl (C=O) groups excluding carboxylic acids is 3. The van der Waals surface area contributed by atoms with Gasteiger partial charge in [0.25, 0.3) is 0 Å². The van der Waals surface area contributed by atoms with E-state index in [1.165, 1.54) is 0 Å². The topological polar surface area (TPSA) is 63.7 Å². The Morgan fingerprint density at radius 2 is 1.67 bits per heavy atom. The summed E-state index contributed by atoms with van der Waals surface area (Å²) in [5.74, 6) is -1.38. The van der Waals surface area contributed by atoms with Crippen LogP contribution >= 0.6 is 0 Å². The average Bonchev–Trinajstić information content (AvgIpc) is 3.14. The first-order valence-corrected chi connectivity index (χ1v) is 10.6. The predicted molar refractivity (Wildman–Crippen MR) is 117 cm³/mol. The number of hydrogen-bond acceptors (Lipinski definition) is 4. The van der Waals surface area contributed by atoms with Gasteiger partial charge in [-0.1, -0.05) is 61.9 Å². The molecule has 3 rings (SSSR count). The minimum absolute atomic E-state index is 0.0786. The summed E-state index contributed by atoms with van der Waals surface area (Å²) in [6, 6.07) is 13.2. The van der Waals surface area contributed by atoms with E-state index in [0.717, 1.165) is 35.2 Å². The maximum Gasteiger partial charge on any atom is 0.312 e. The van der Waals surface area contributed by atoms with E-state index in [9.17, 15) is 14.4 Å². The number of amides is 1. The Hall–Kier alpha value is -2.95. The van der Waals surface area contributed by atoms with Crippen molar-refractivity contribution in [1.82, 2.24) is 0 Å². The largest absolute Gasteiger partial charge is 0.454 e. The van der Waals surface area contributed by atoms with E-state index in [2.05, 4.69) is 13.8 Å². The third kappa shape index (κ3) is 4.45. The van der Waals surface area contributed by atoms with Gasteiger partial charge in [-0.25, -0.2) is 0 Å². The van der Waals surface area contributed by atoms with E-state index < -0.39 is 18.0 Å². The summed E-state index contributed by atoms with van der Waals surface area (Å²) in [5, 5.41) is 0. The lowest BCUT2D eigenvalue weighted by Gasteiger charge is -2.23. The average molecular weight is 408 g/mol. The number of para-hydroxylation sites is 1. The van der Waals surface area contributed by atoms with Crippen molar-refractivity contribution in [3.63, 3.8) is 0 Å². The van der Waals surface area contributed by atoms with E-state index >= 15 is 0 Å². The number of anilines is 1. The second kappa shape index (κ2) is 9.24. The number of hydrogen-bond donors (Lipinski definition) is 0. The SMILES string of the molecule is CCc1cccc(CC)c1N1C[C@@H](C(=O)O[C@@H](C)C(=O)c2ccc(C)cc2)CC1=O. The highest BCUT2D eigenvalue weighted by atomic mass is 16.5. The van der Waals surface area contributed by atoms with E-state index in [1.54, 1.807) is 24.0 Å². The molecule has 0 spiro atoms. The molecule has 1 fully saturated rings. The fourth-order valence-electron chi connectivity index (χ4n) is 3.92. The Bertz CT molecular complexity index is 926. The van der Waals surface area contributed by atoms with Crippen LogP contribution in [0.3, 0.4) is 0 Å². The molecule has 0 radical (unpaired) electrons. The first-order chi connectivity index (χ1) is 14.3. The highest BCUT2D eigenvalue weighted by Gasteiger charge is 2.38. The summed E-state index contributed by atoms with van der Waals surface area (Å²) >= 11 is 0. The van der Waals surface area contributed by atoms with Crippen molar-refractivity contribution in [3.05, 3.63) is 64.7 Å². The van der Waals surface area contributed by atoms with Crippen LogP contribution in [0.25, 0.3) is 0 Å². The van der Waals surface area contributed by atoms with Crippen LogP contribution in [0.2, 0.25) is 0 Å². The molecular formula is C25H29NO4. The molecule has 30 heavy (non-hydrogen) atoms. The molecule has 1 saturated heterocycles. The first-order valence-electron chi connectivity index (χ1n) is 10.6. The van der Waals surface area contributed by atoms with Crippen molar-refractivity contribution in [2.75, 3.05) is 11.4 Å². The number of rotatable bonds is 7. The summed E-state index contributed by atoms with van der Waals surface area (Å²) in [4.78, 5) is 39.8. The van der Waals surface area contributed by atoms with Gasteiger partial charge in [-0.3, -0.25) is 14.4 Å². The maximum atomic E-state index is 12.8. The molecule has 0 saturated carbocycles. The molecule has 0 unspecified atom stereocenters. The summed E-state index contributed by atoms with van der Waals surface area (Å²) < 4.78 is 5.46. The van der Waals surface area contributed by atoms with Crippen molar-refractivity contribution in [2.45, 2.75) is 53.1 Å². The van der Waals surface area contributed by atoms with Crippen LogP contribution in [-0.2, 0) is 27.2 Å². The number of benzene rings is 2. The number of Topliss-reactive ketones (excluding diaryl/α,β-unsaturated/α-hetero) is 1. The number of esters is 1. The standard InChI is InChI=1S/C25H29NO4/c1-5-18-8-7-9-19(6-2)23(18)26-15-21(14-22(26)27)25(29)30-17(4)24(28)20-12-10-16(3)11-13-20/h7-13,17,21H,5-6,14-15H2,1-4H3/t17-,21-/m0/s1. The number of ether oxygens (including phenoxy) is 1. The van der Waals surface area contributed by atoms with Gasteiger partial charge < -0.3 is 9.64 Å². The van der Waals surface area contributed by atoms with Gasteiger partial charge >= 0.3 is 5.97 Å². The molecule has 1 amide bonds. The van der Waals surface area contributed by atoms with Crippen LogP contribution in [0.4, 0.5) is 5.69 Å². The van der Waals surface area contributed by atoms with Crippen molar-refractivity contribution in [1.29, 1.82) is 0 Å². The lowest BCUT2D eigenvalue weighted by Crippen LogP contribution is -2.31. The van der Waals surface area contributed by atoms with E-state index in [4.69, 9.17) is 4.74 Å². The van der Waals surface area contributed by atoms with Gasteiger partial charge in [-0.05, 0) is 37.8 Å². The zero-order chi connectivity index (χ0) is 21.8. The summed E-state index contributed by atoms with van der Waals surface area (Å²) in [5.41, 5.74) is 4.68. The number of ketones is 1. The monoisotopic (exact) mass is 407 g/mol. The number of carbonyl (C=O) groups is 3. The summed E-state index contributed by atoms with van der Waals surface area (Å²) in [6.45, 7) is 7.93. The highest BCUT2D eigenvalue weighted by Crippen LogP contribution is 2.33. The fraction of sp³-hybridized carbons (Fsp3) is 0.400. The molecule has 5 heteroatoms.